The minimum Gasteiger partial charge on any atom is -0.462 e. The fourth-order valence-electron chi connectivity index (χ4n) is 5.63. The Kier molecular flexibility index (Phi) is 31.5. The largest absolute Gasteiger partial charge is 0.462 e. The molecule has 0 aromatic heterocycles. The first-order chi connectivity index (χ1) is 20.8. The first-order valence-electron chi connectivity index (χ1n) is 18.8. The topological polar surface area (TPSA) is 72.8 Å². The van der Waals surface area contributed by atoms with Gasteiger partial charge in [0.2, 0.25) is 0 Å². The maximum Gasteiger partial charge on any atom is 0.306 e. The van der Waals surface area contributed by atoms with Crippen molar-refractivity contribution in [3.63, 3.8) is 0 Å². The van der Waals surface area contributed by atoms with Gasteiger partial charge >= 0.3 is 11.9 Å². The maximum absolute atomic E-state index is 12.1. The lowest BCUT2D eigenvalue weighted by molar-refractivity contribution is -0.161. The Bertz CT molecular complexity index is 603. The molecule has 43 heavy (non-hydrogen) atoms. The number of aliphatic hydroxyl groups excluding tert-OH is 1. The zero-order valence-corrected chi connectivity index (χ0v) is 29.3. The monoisotopic (exact) mass is 611 g/mol. The lowest BCUT2D eigenvalue weighted by Gasteiger charge is -2.15. The lowest BCUT2D eigenvalue weighted by atomic mass is 10.0. The van der Waals surface area contributed by atoms with Crippen molar-refractivity contribution in [2.45, 2.75) is 207 Å². The van der Waals surface area contributed by atoms with E-state index in [0.29, 0.717) is 12.8 Å². The van der Waals surface area contributed by atoms with Gasteiger partial charge in [-0.05, 0) is 24.7 Å². The second kappa shape index (κ2) is 32.3. The quantitative estimate of drug-likeness (QED) is 0.0591. The predicted octanol–water partition coefficient (Wildman–Crippen LogP) is 11.3. The van der Waals surface area contributed by atoms with E-state index in [4.69, 9.17) is 9.47 Å². The summed E-state index contributed by atoms with van der Waals surface area (Å²) in [4.78, 5) is 24.2. The number of carbonyl (C=O) groups excluding carboxylic acids is 2. The summed E-state index contributed by atoms with van der Waals surface area (Å²) in [6.45, 7) is 8.83. The third-order valence-corrected chi connectivity index (χ3v) is 8.51. The molecular formula is C38H74O5. The Hall–Kier alpha value is -1.10. The highest BCUT2D eigenvalue weighted by molar-refractivity contribution is 5.70. The second-order valence-electron chi connectivity index (χ2n) is 14.0. The van der Waals surface area contributed by atoms with Gasteiger partial charge in [-0.25, -0.2) is 0 Å². The molecule has 0 aromatic rings. The van der Waals surface area contributed by atoms with Gasteiger partial charge in [0, 0.05) is 12.8 Å². The van der Waals surface area contributed by atoms with E-state index in [1.807, 2.05) is 0 Å². The minimum atomic E-state index is -0.762. The summed E-state index contributed by atoms with van der Waals surface area (Å²) in [7, 11) is 0. The fraction of sp³-hybridized carbons (Fsp3) is 0.947. The number of carbonyl (C=O) groups is 2. The Morgan fingerprint density at radius 2 is 0.767 bits per heavy atom. The Balaban J connectivity index is 3.52. The van der Waals surface area contributed by atoms with Gasteiger partial charge in [-0.2, -0.15) is 0 Å². The molecule has 5 heteroatoms. The molecule has 0 radical (unpaired) electrons. The highest BCUT2D eigenvalue weighted by atomic mass is 16.6. The van der Waals surface area contributed by atoms with Crippen molar-refractivity contribution < 1.29 is 24.2 Å². The molecule has 0 saturated carbocycles. The highest BCUT2D eigenvalue weighted by Gasteiger charge is 2.16. The number of esters is 2. The SMILES string of the molecule is CC(C)CCCCCCCCCCCCCCC(=O)OC[C@H](CO)OC(=O)CCCCCCCCCCCCCC(C)C. The molecular weight excluding hydrogens is 536 g/mol. The summed E-state index contributed by atoms with van der Waals surface area (Å²) >= 11 is 0. The third-order valence-electron chi connectivity index (χ3n) is 8.51. The van der Waals surface area contributed by atoms with Crippen LogP contribution in [0.1, 0.15) is 201 Å². The van der Waals surface area contributed by atoms with E-state index in [2.05, 4.69) is 27.7 Å². The van der Waals surface area contributed by atoms with Crippen molar-refractivity contribution in [1.29, 1.82) is 0 Å². The zero-order valence-electron chi connectivity index (χ0n) is 29.3. The average molecular weight is 611 g/mol. The van der Waals surface area contributed by atoms with E-state index in [-0.39, 0.29) is 25.2 Å². The van der Waals surface area contributed by atoms with Gasteiger partial charge in [-0.15, -0.1) is 0 Å². The van der Waals surface area contributed by atoms with Crippen LogP contribution in [0.15, 0.2) is 0 Å². The molecule has 0 rings (SSSR count). The molecule has 5 nitrogen and oxygen atoms in total. The third kappa shape index (κ3) is 33.6. The Labute approximate surface area is 268 Å². The van der Waals surface area contributed by atoms with Crippen molar-refractivity contribution in [2.75, 3.05) is 13.2 Å². The van der Waals surface area contributed by atoms with Crippen LogP contribution < -0.4 is 0 Å². The second-order valence-corrected chi connectivity index (χ2v) is 14.0. The average Bonchev–Trinajstić information content (AvgIpc) is 2.97. The molecule has 0 bridgehead atoms. The number of aliphatic hydroxyl groups is 1. The standard InChI is InChI=1S/C38H74O5/c1-34(2)28-24-20-16-12-8-5-6-10-14-18-22-26-30-37(40)42-33-36(32-39)43-38(41)31-27-23-19-15-11-7-9-13-17-21-25-29-35(3)4/h34-36,39H,5-33H2,1-4H3/t36-/m0/s1. The maximum atomic E-state index is 12.1. The molecule has 1 atom stereocenters. The Morgan fingerprint density at radius 3 is 1.09 bits per heavy atom. The van der Waals surface area contributed by atoms with E-state index in [9.17, 15) is 14.7 Å². The number of ether oxygens (including phenoxy) is 2. The summed E-state index contributed by atoms with van der Waals surface area (Å²) in [6.07, 6.45) is 31.6. The van der Waals surface area contributed by atoms with Crippen molar-refractivity contribution in [1.82, 2.24) is 0 Å². The van der Waals surface area contributed by atoms with Crippen LogP contribution in [0.4, 0.5) is 0 Å². The van der Waals surface area contributed by atoms with Gasteiger partial charge in [-0.1, -0.05) is 175 Å². The van der Waals surface area contributed by atoms with Crippen LogP contribution in [0.2, 0.25) is 0 Å². The molecule has 0 saturated heterocycles. The van der Waals surface area contributed by atoms with Crippen LogP contribution in [-0.4, -0.2) is 36.4 Å². The fourth-order valence-corrected chi connectivity index (χ4v) is 5.63. The molecule has 0 aromatic carbocycles. The smallest absolute Gasteiger partial charge is 0.306 e. The van der Waals surface area contributed by atoms with Crippen molar-refractivity contribution in [2.24, 2.45) is 11.8 Å². The predicted molar refractivity (Wildman–Crippen MR) is 182 cm³/mol. The summed E-state index contributed by atoms with van der Waals surface area (Å²) in [5, 5.41) is 9.53. The van der Waals surface area contributed by atoms with Crippen LogP contribution in [-0.2, 0) is 19.1 Å². The molecule has 0 fully saturated rings. The van der Waals surface area contributed by atoms with E-state index in [1.165, 1.54) is 122 Å². The van der Waals surface area contributed by atoms with Gasteiger partial charge in [0.1, 0.15) is 6.61 Å². The van der Waals surface area contributed by atoms with Crippen LogP contribution in [0.25, 0.3) is 0 Å². The normalized spacial score (nSPS) is 12.3. The van der Waals surface area contributed by atoms with Crippen molar-refractivity contribution >= 4 is 11.9 Å². The first-order valence-corrected chi connectivity index (χ1v) is 18.8. The molecule has 0 aliphatic heterocycles. The summed E-state index contributed by atoms with van der Waals surface area (Å²) < 4.78 is 10.6. The summed E-state index contributed by atoms with van der Waals surface area (Å²) in [6, 6.07) is 0. The molecule has 0 aliphatic rings. The molecule has 256 valence electrons. The molecule has 0 unspecified atom stereocenters. The Morgan fingerprint density at radius 1 is 0.465 bits per heavy atom. The van der Waals surface area contributed by atoms with Crippen LogP contribution in [0, 0.1) is 11.8 Å². The molecule has 0 aliphatic carbocycles. The summed E-state index contributed by atoms with van der Waals surface area (Å²) in [5.41, 5.74) is 0. The number of hydrogen-bond donors (Lipinski definition) is 1. The van der Waals surface area contributed by atoms with Gasteiger partial charge in [0.05, 0.1) is 6.61 Å². The van der Waals surface area contributed by atoms with Crippen LogP contribution in [0.5, 0.6) is 0 Å². The lowest BCUT2D eigenvalue weighted by Crippen LogP contribution is -2.28. The van der Waals surface area contributed by atoms with E-state index < -0.39 is 6.10 Å². The zero-order chi connectivity index (χ0) is 31.8. The highest BCUT2D eigenvalue weighted by Crippen LogP contribution is 2.16. The molecule has 0 spiro atoms. The van der Waals surface area contributed by atoms with Gasteiger partial charge in [0.25, 0.3) is 0 Å². The molecule has 1 N–H and O–H groups in total. The van der Waals surface area contributed by atoms with Crippen LogP contribution >= 0.6 is 0 Å². The van der Waals surface area contributed by atoms with Gasteiger partial charge < -0.3 is 14.6 Å². The number of rotatable bonds is 33. The molecule has 0 heterocycles. The van der Waals surface area contributed by atoms with E-state index in [0.717, 1.165) is 50.4 Å². The van der Waals surface area contributed by atoms with Crippen molar-refractivity contribution in [3.05, 3.63) is 0 Å². The van der Waals surface area contributed by atoms with Crippen LogP contribution in [0.3, 0.4) is 0 Å². The number of hydrogen-bond acceptors (Lipinski definition) is 5. The minimum absolute atomic E-state index is 0.0590. The van der Waals surface area contributed by atoms with E-state index in [1.54, 1.807) is 0 Å². The van der Waals surface area contributed by atoms with Crippen molar-refractivity contribution in [3.8, 4) is 0 Å². The molecule has 0 amide bonds. The summed E-state index contributed by atoms with van der Waals surface area (Å²) in [5.74, 6) is 1.10. The number of unbranched alkanes of at least 4 members (excludes halogenated alkanes) is 21. The van der Waals surface area contributed by atoms with Gasteiger partial charge in [0.15, 0.2) is 6.10 Å². The van der Waals surface area contributed by atoms with Gasteiger partial charge in [-0.3, -0.25) is 9.59 Å². The van der Waals surface area contributed by atoms with E-state index >= 15 is 0 Å². The first kappa shape index (κ1) is 41.9.